The van der Waals surface area contributed by atoms with Gasteiger partial charge in [-0.3, -0.25) is 14.3 Å². The van der Waals surface area contributed by atoms with Gasteiger partial charge in [0.05, 0.1) is 10.6 Å². The van der Waals surface area contributed by atoms with Gasteiger partial charge in [0.2, 0.25) is 5.91 Å². The second kappa shape index (κ2) is 5.59. The molecule has 0 spiro atoms. The summed E-state index contributed by atoms with van der Waals surface area (Å²) in [5.74, 6) is -1.90. The van der Waals surface area contributed by atoms with Crippen molar-refractivity contribution < 1.29 is 19.5 Å². The molecule has 0 saturated heterocycles. The van der Waals surface area contributed by atoms with Crippen LogP contribution in [0.3, 0.4) is 0 Å². The van der Waals surface area contributed by atoms with Crippen molar-refractivity contribution >= 4 is 39.3 Å². The lowest BCUT2D eigenvalue weighted by molar-refractivity contribution is -0.143. The van der Waals surface area contributed by atoms with Crippen LogP contribution in [-0.4, -0.2) is 44.3 Å². The Labute approximate surface area is 141 Å². The predicted molar refractivity (Wildman–Crippen MR) is 88.0 cm³/mol. The van der Waals surface area contributed by atoms with Crippen molar-refractivity contribution in [2.45, 2.75) is 38.3 Å². The van der Waals surface area contributed by atoms with Crippen LogP contribution in [-0.2, 0) is 16.6 Å². The number of aliphatic carboxylic acids is 1. The number of hydrogen-bond acceptors (Lipinski definition) is 5. The summed E-state index contributed by atoms with van der Waals surface area (Å²) in [4.78, 5) is 36.9. The highest BCUT2D eigenvalue weighted by molar-refractivity contribution is 7.20. The van der Waals surface area contributed by atoms with Crippen molar-refractivity contribution in [3.05, 3.63) is 16.6 Å². The smallest absolute Gasteiger partial charge is 0.329 e. The molecule has 2 aromatic heterocycles. The molecule has 0 bridgehead atoms. The molecule has 128 valence electrons. The Morgan fingerprint density at radius 1 is 1.42 bits per heavy atom. The lowest BCUT2D eigenvalue weighted by Gasteiger charge is -2.17. The number of carbonyl (C=O) groups excluding carboxylic acids is 2. The zero-order chi connectivity index (χ0) is 17.6. The number of aromatic nitrogens is 2. The fourth-order valence-electron chi connectivity index (χ4n) is 2.51. The first-order chi connectivity index (χ1) is 11.2. The van der Waals surface area contributed by atoms with Crippen molar-refractivity contribution in [3.63, 3.8) is 0 Å². The number of nitrogens with one attached hydrogen (secondary N) is 2. The zero-order valence-corrected chi connectivity index (χ0v) is 14.4. The van der Waals surface area contributed by atoms with Gasteiger partial charge in [0.1, 0.15) is 16.4 Å². The highest BCUT2D eigenvalue weighted by atomic mass is 32.1. The number of amides is 2. The van der Waals surface area contributed by atoms with Crippen molar-refractivity contribution in [1.29, 1.82) is 0 Å². The summed E-state index contributed by atoms with van der Waals surface area (Å²) in [5.41, 5.74) is -0.318. The molecule has 1 aliphatic rings. The SMILES string of the molecule is Cc1nn(C)c2sc(C(=O)NC(C)C(=O)NC3(C(=O)O)CC3)cc12. The summed E-state index contributed by atoms with van der Waals surface area (Å²) in [5, 5.41) is 19.4. The number of nitrogens with zero attached hydrogens (tertiary/aromatic N) is 2. The van der Waals surface area contributed by atoms with Gasteiger partial charge in [-0.25, -0.2) is 4.79 Å². The van der Waals surface area contributed by atoms with Crippen LogP contribution in [0.4, 0.5) is 0 Å². The molecule has 1 fully saturated rings. The van der Waals surface area contributed by atoms with Crippen molar-refractivity contribution in [2.24, 2.45) is 7.05 Å². The zero-order valence-electron chi connectivity index (χ0n) is 13.5. The first-order valence-corrected chi connectivity index (χ1v) is 8.34. The van der Waals surface area contributed by atoms with Gasteiger partial charge in [0.25, 0.3) is 5.91 Å². The summed E-state index contributed by atoms with van der Waals surface area (Å²) in [6.07, 6.45) is 0.828. The number of fused-ring (bicyclic) bond motifs is 1. The van der Waals surface area contributed by atoms with E-state index in [0.29, 0.717) is 17.7 Å². The summed E-state index contributed by atoms with van der Waals surface area (Å²) >= 11 is 1.30. The first kappa shape index (κ1) is 16.4. The lowest BCUT2D eigenvalue weighted by Crippen LogP contribution is -2.51. The summed E-state index contributed by atoms with van der Waals surface area (Å²) in [6.45, 7) is 3.40. The average molecular weight is 350 g/mol. The van der Waals surface area contributed by atoms with Crippen molar-refractivity contribution in [1.82, 2.24) is 20.4 Å². The number of carboxylic acids is 1. The minimum Gasteiger partial charge on any atom is -0.480 e. The lowest BCUT2D eigenvalue weighted by atomic mass is 10.2. The highest BCUT2D eigenvalue weighted by Gasteiger charge is 2.52. The van der Waals surface area contributed by atoms with Crippen LogP contribution < -0.4 is 10.6 Å². The second-order valence-electron chi connectivity index (χ2n) is 6.11. The van der Waals surface area contributed by atoms with Crippen LogP contribution in [0.5, 0.6) is 0 Å². The Morgan fingerprint density at radius 2 is 2.08 bits per heavy atom. The molecule has 0 aliphatic heterocycles. The van der Waals surface area contributed by atoms with Crippen molar-refractivity contribution in [2.75, 3.05) is 0 Å². The van der Waals surface area contributed by atoms with E-state index in [1.54, 1.807) is 10.7 Å². The highest BCUT2D eigenvalue weighted by Crippen LogP contribution is 2.35. The van der Waals surface area contributed by atoms with Crippen LogP contribution >= 0.6 is 11.3 Å². The Morgan fingerprint density at radius 3 is 2.62 bits per heavy atom. The Hall–Kier alpha value is -2.42. The molecule has 1 saturated carbocycles. The fraction of sp³-hybridized carbons (Fsp3) is 0.467. The molecule has 1 atom stereocenters. The van der Waals surface area contributed by atoms with Gasteiger partial charge in [0.15, 0.2) is 0 Å². The molecule has 0 radical (unpaired) electrons. The molecule has 1 aliphatic carbocycles. The molecule has 2 aromatic rings. The topological polar surface area (TPSA) is 113 Å². The van der Waals surface area contributed by atoms with Crippen LogP contribution in [0.25, 0.3) is 10.2 Å². The number of rotatable bonds is 5. The summed E-state index contributed by atoms with van der Waals surface area (Å²) < 4.78 is 1.71. The van der Waals surface area contributed by atoms with Gasteiger partial charge in [-0.2, -0.15) is 5.10 Å². The Kier molecular flexibility index (Phi) is 3.83. The second-order valence-corrected chi connectivity index (χ2v) is 7.14. The van der Waals surface area contributed by atoms with Crippen LogP contribution in [0.2, 0.25) is 0 Å². The van der Waals surface area contributed by atoms with Crippen LogP contribution in [0, 0.1) is 6.92 Å². The Balaban J connectivity index is 1.68. The molecule has 1 unspecified atom stereocenters. The maximum Gasteiger partial charge on any atom is 0.329 e. The third kappa shape index (κ3) is 2.75. The number of carboxylic acid groups (broad SMARTS) is 1. The monoisotopic (exact) mass is 350 g/mol. The standard InChI is InChI=1S/C15H18N4O4S/c1-7-9-6-10(24-13(9)19(3)18-7)12(21)16-8(2)11(20)17-15(4-5-15)14(22)23/h6,8H,4-5H2,1-3H3,(H,16,21)(H,17,20)(H,22,23). The minimum atomic E-state index is -1.16. The molecular formula is C15H18N4O4S. The van der Waals surface area contributed by atoms with E-state index in [9.17, 15) is 14.4 Å². The quantitative estimate of drug-likeness (QED) is 0.738. The van der Waals surface area contributed by atoms with Crippen LogP contribution in [0.1, 0.15) is 35.1 Å². The maximum atomic E-state index is 12.3. The Bertz CT molecular complexity index is 815. The normalized spacial score (nSPS) is 16.6. The van der Waals surface area contributed by atoms with E-state index >= 15 is 0 Å². The minimum absolute atomic E-state index is 0.363. The molecule has 8 nitrogen and oxygen atoms in total. The van der Waals surface area contributed by atoms with E-state index in [2.05, 4.69) is 15.7 Å². The summed E-state index contributed by atoms with van der Waals surface area (Å²) in [7, 11) is 1.81. The number of aryl methyl sites for hydroxylation is 2. The fourth-order valence-corrected chi connectivity index (χ4v) is 3.54. The van der Waals surface area contributed by atoms with Gasteiger partial charge < -0.3 is 15.7 Å². The number of thiophene rings is 1. The first-order valence-electron chi connectivity index (χ1n) is 7.53. The van der Waals surface area contributed by atoms with E-state index in [1.807, 2.05) is 14.0 Å². The molecule has 2 heterocycles. The van der Waals surface area contributed by atoms with Gasteiger partial charge in [0, 0.05) is 12.4 Å². The third-order valence-corrected chi connectivity index (χ3v) is 5.38. The summed E-state index contributed by atoms with van der Waals surface area (Å²) in [6, 6.07) is 0.931. The molecule has 3 N–H and O–H groups in total. The molecule has 24 heavy (non-hydrogen) atoms. The average Bonchev–Trinajstić information content (AvgIpc) is 3.06. The molecule has 0 aromatic carbocycles. The maximum absolute atomic E-state index is 12.3. The van der Waals surface area contributed by atoms with E-state index in [1.165, 1.54) is 18.3 Å². The largest absolute Gasteiger partial charge is 0.480 e. The van der Waals surface area contributed by atoms with Gasteiger partial charge in [-0.05, 0) is 32.8 Å². The van der Waals surface area contributed by atoms with Crippen molar-refractivity contribution in [3.8, 4) is 0 Å². The van der Waals surface area contributed by atoms with E-state index < -0.39 is 23.5 Å². The predicted octanol–water partition coefficient (Wildman–Crippen LogP) is 0.795. The van der Waals surface area contributed by atoms with Gasteiger partial charge in [-0.1, -0.05) is 0 Å². The van der Waals surface area contributed by atoms with E-state index in [-0.39, 0.29) is 5.91 Å². The van der Waals surface area contributed by atoms with Gasteiger partial charge in [-0.15, -0.1) is 11.3 Å². The molecule has 3 rings (SSSR count). The number of hydrogen-bond donors (Lipinski definition) is 3. The third-order valence-electron chi connectivity index (χ3n) is 4.18. The van der Waals surface area contributed by atoms with Gasteiger partial charge >= 0.3 is 5.97 Å². The number of carbonyl (C=O) groups is 3. The molecular weight excluding hydrogens is 332 g/mol. The van der Waals surface area contributed by atoms with E-state index in [0.717, 1.165) is 15.9 Å². The molecule has 2 amide bonds. The van der Waals surface area contributed by atoms with Crippen LogP contribution in [0.15, 0.2) is 6.07 Å². The molecule has 9 heteroatoms. The van der Waals surface area contributed by atoms with E-state index in [4.69, 9.17) is 5.11 Å².